The summed E-state index contributed by atoms with van der Waals surface area (Å²) >= 11 is 1.19. The summed E-state index contributed by atoms with van der Waals surface area (Å²) in [4.78, 5) is 52.7. The van der Waals surface area contributed by atoms with Gasteiger partial charge in [-0.3, -0.25) is 9.59 Å². The van der Waals surface area contributed by atoms with Crippen LogP contribution in [0.3, 0.4) is 0 Å². The Morgan fingerprint density at radius 3 is 2.48 bits per heavy atom. The number of hydrogen-bond acceptors (Lipinski definition) is 8. The van der Waals surface area contributed by atoms with Gasteiger partial charge in [0.05, 0.1) is 24.5 Å². The molecule has 0 unspecified atom stereocenters. The van der Waals surface area contributed by atoms with Crippen LogP contribution >= 0.6 is 11.8 Å². The molecule has 0 aliphatic heterocycles. The van der Waals surface area contributed by atoms with Crippen molar-refractivity contribution in [2.24, 2.45) is 0 Å². The Hall–Kier alpha value is -3.11. The minimum Gasteiger partial charge on any atom is -0.461 e. The first-order valence-electron chi connectivity index (χ1n) is 10.3. The van der Waals surface area contributed by atoms with Crippen LogP contribution in [0.25, 0.3) is 0 Å². The highest BCUT2D eigenvalue weighted by Crippen LogP contribution is 2.24. The zero-order chi connectivity index (χ0) is 24.4. The van der Waals surface area contributed by atoms with Gasteiger partial charge in [0.2, 0.25) is 11.7 Å². The van der Waals surface area contributed by atoms with E-state index in [1.165, 1.54) is 11.8 Å². The number of ether oxygens (including phenoxy) is 3. The topological polar surface area (TPSA) is 124 Å². The highest BCUT2D eigenvalue weighted by Gasteiger charge is 2.24. The molecule has 0 spiro atoms. The number of Topliss-reactive ketones (excluding diaryl/α,β-unsaturated/α-hetero) is 1. The second-order valence-corrected chi connectivity index (χ2v) is 7.99. The van der Waals surface area contributed by atoms with E-state index < -0.39 is 24.3 Å². The van der Waals surface area contributed by atoms with Crippen LogP contribution in [0.1, 0.15) is 49.4 Å². The number of amides is 1. The van der Waals surface area contributed by atoms with Crippen LogP contribution in [0.4, 0.5) is 0 Å². The summed E-state index contributed by atoms with van der Waals surface area (Å²) in [6.07, 6.45) is 0. The minimum atomic E-state index is -0.678. The van der Waals surface area contributed by atoms with Crippen molar-refractivity contribution in [1.29, 1.82) is 0 Å². The summed E-state index contributed by atoms with van der Waals surface area (Å²) in [7, 11) is 1.55. The smallest absolute Gasteiger partial charge is 0.355 e. The third kappa shape index (κ3) is 7.19. The maximum absolute atomic E-state index is 12.7. The number of ketones is 1. The van der Waals surface area contributed by atoms with Gasteiger partial charge in [-0.1, -0.05) is 12.1 Å². The molecule has 0 saturated heterocycles. The number of rotatable bonds is 12. The average molecular weight is 477 g/mol. The number of carbonyl (C=O) groups is 4. The van der Waals surface area contributed by atoms with E-state index in [0.717, 1.165) is 0 Å². The fourth-order valence-electron chi connectivity index (χ4n) is 3.10. The van der Waals surface area contributed by atoms with Gasteiger partial charge < -0.3 is 24.5 Å². The summed E-state index contributed by atoms with van der Waals surface area (Å²) in [6.45, 7) is 5.52. The van der Waals surface area contributed by atoms with E-state index in [0.29, 0.717) is 34.9 Å². The van der Waals surface area contributed by atoms with Crippen molar-refractivity contribution in [2.75, 3.05) is 39.2 Å². The summed E-state index contributed by atoms with van der Waals surface area (Å²) in [6, 6.07) is 6.70. The van der Waals surface area contributed by atoms with Crippen molar-refractivity contribution in [3.05, 3.63) is 52.3 Å². The lowest BCUT2D eigenvalue weighted by molar-refractivity contribution is -0.118. The second kappa shape index (κ2) is 12.8. The number of H-pyrrole nitrogens is 1. The van der Waals surface area contributed by atoms with Crippen LogP contribution in [0.2, 0.25) is 0 Å². The van der Waals surface area contributed by atoms with E-state index in [4.69, 9.17) is 14.2 Å². The Morgan fingerprint density at radius 2 is 1.79 bits per heavy atom. The monoisotopic (exact) mass is 476 g/mol. The summed E-state index contributed by atoms with van der Waals surface area (Å²) in [5.41, 5.74) is 1.69. The molecule has 0 bridgehead atoms. The van der Waals surface area contributed by atoms with Gasteiger partial charge in [-0.05, 0) is 38.5 Å². The van der Waals surface area contributed by atoms with Crippen molar-refractivity contribution in [3.63, 3.8) is 0 Å². The van der Waals surface area contributed by atoms with E-state index in [1.807, 2.05) is 0 Å². The zero-order valence-electron chi connectivity index (χ0n) is 19.1. The molecule has 2 N–H and O–H groups in total. The molecule has 0 radical (unpaired) electrons. The van der Waals surface area contributed by atoms with Gasteiger partial charge in [-0.2, -0.15) is 0 Å². The number of aromatic amines is 1. The Balaban J connectivity index is 2.02. The molecule has 2 rings (SSSR count). The summed E-state index contributed by atoms with van der Waals surface area (Å²) < 4.78 is 15.1. The Kier molecular flexibility index (Phi) is 10.1. The van der Waals surface area contributed by atoms with E-state index in [-0.39, 0.29) is 29.5 Å². The molecule has 0 aliphatic rings. The van der Waals surface area contributed by atoms with Crippen LogP contribution < -0.4 is 5.32 Å². The molecule has 0 saturated carbocycles. The number of thioether (sulfide) groups is 1. The Bertz CT molecular complexity index is 1020. The van der Waals surface area contributed by atoms with Crippen molar-refractivity contribution in [1.82, 2.24) is 10.3 Å². The van der Waals surface area contributed by atoms with Crippen molar-refractivity contribution < 1.29 is 33.4 Å². The largest absolute Gasteiger partial charge is 0.461 e. The van der Waals surface area contributed by atoms with E-state index >= 15 is 0 Å². The van der Waals surface area contributed by atoms with Gasteiger partial charge >= 0.3 is 11.9 Å². The Morgan fingerprint density at radius 1 is 1.06 bits per heavy atom. The van der Waals surface area contributed by atoms with E-state index in [1.54, 1.807) is 52.1 Å². The van der Waals surface area contributed by atoms with Crippen molar-refractivity contribution in [2.45, 2.75) is 25.7 Å². The van der Waals surface area contributed by atoms with Crippen molar-refractivity contribution >= 4 is 35.4 Å². The summed E-state index contributed by atoms with van der Waals surface area (Å²) in [5, 5.41) is 2.71. The number of aromatic nitrogens is 1. The van der Waals surface area contributed by atoms with Gasteiger partial charge in [-0.25, -0.2) is 9.59 Å². The van der Waals surface area contributed by atoms with Crippen LogP contribution in [-0.2, 0) is 19.0 Å². The van der Waals surface area contributed by atoms with Gasteiger partial charge in [0.1, 0.15) is 5.69 Å². The average Bonchev–Trinajstić information content (AvgIpc) is 3.10. The second-order valence-electron chi connectivity index (χ2n) is 6.97. The molecule has 0 aliphatic carbocycles. The number of carbonyl (C=O) groups excluding carboxylic acids is 4. The van der Waals surface area contributed by atoms with Crippen LogP contribution in [-0.4, -0.2) is 67.8 Å². The molecule has 10 heteroatoms. The lowest BCUT2D eigenvalue weighted by Crippen LogP contribution is -2.28. The third-order valence-electron chi connectivity index (χ3n) is 4.62. The van der Waals surface area contributed by atoms with Gasteiger partial charge in [0.25, 0.3) is 0 Å². The lowest BCUT2D eigenvalue weighted by Gasteiger charge is -2.10. The van der Waals surface area contributed by atoms with E-state index in [2.05, 4.69) is 10.3 Å². The van der Waals surface area contributed by atoms with Crippen LogP contribution in [0.5, 0.6) is 0 Å². The Labute approximate surface area is 196 Å². The fraction of sp³-hybridized carbons (Fsp3) is 0.391. The quantitative estimate of drug-likeness (QED) is 0.207. The maximum atomic E-state index is 12.7. The first kappa shape index (κ1) is 26.1. The molecule has 33 heavy (non-hydrogen) atoms. The molecule has 1 heterocycles. The van der Waals surface area contributed by atoms with Gasteiger partial charge in [0.15, 0.2) is 6.61 Å². The highest BCUT2D eigenvalue weighted by atomic mass is 32.2. The molecule has 2 aromatic rings. The number of esters is 2. The molecular weight excluding hydrogens is 448 g/mol. The number of methoxy groups -OCH3 is 1. The SMILES string of the molecule is CCOC(=O)c1[nH]c(C)c(C(=O)COC(=O)c2ccccc2SCC(=O)NCCOC)c1C. The maximum Gasteiger partial charge on any atom is 0.355 e. The summed E-state index contributed by atoms with van der Waals surface area (Å²) in [5.74, 6) is -1.74. The first-order valence-corrected chi connectivity index (χ1v) is 11.3. The fourth-order valence-corrected chi connectivity index (χ4v) is 3.97. The molecule has 1 amide bonds. The number of hydrogen-bond donors (Lipinski definition) is 2. The van der Waals surface area contributed by atoms with Crippen LogP contribution in [0, 0.1) is 13.8 Å². The molecule has 0 fully saturated rings. The van der Waals surface area contributed by atoms with E-state index in [9.17, 15) is 19.2 Å². The molecule has 178 valence electrons. The molecule has 1 aromatic carbocycles. The normalized spacial score (nSPS) is 10.5. The van der Waals surface area contributed by atoms with Crippen molar-refractivity contribution in [3.8, 4) is 0 Å². The number of aryl methyl sites for hydroxylation is 1. The minimum absolute atomic E-state index is 0.116. The molecule has 0 atom stereocenters. The number of benzene rings is 1. The standard InChI is InChI=1S/C23H28N2O7S/c1-5-31-23(29)21-14(2)20(15(3)25-21)17(26)12-32-22(28)16-8-6-7-9-18(16)33-13-19(27)24-10-11-30-4/h6-9,25H,5,10-13H2,1-4H3,(H,24,27). The third-order valence-corrected chi connectivity index (χ3v) is 5.70. The van der Waals surface area contributed by atoms with Gasteiger partial charge in [-0.15, -0.1) is 11.8 Å². The van der Waals surface area contributed by atoms with Crippen LogP contribution in [0.15, 0.2) is 29.2 Å². The zero-order valence-corrected chi connectivity index (χ0v) is 19.9. The molecular formula is C23H28N2O7S. The lowest BCUT2D eigenvalue weighted by atomic mass is 10.1. The molecule has 9 nitrogen and oxygen atoms in total. The van der Waals surface area contributed by atoms with Gasteiger partial charge in [0, 0.05) is 29.8 Å². The first-order chi connectivity index (χ1) is 15.8. The predicted molar refractivity (Wildman–Crippen MR) is 123 cm³/mol. The number of nitrogens with one attached hydrogen (secondary N) is 2. The highest BCUT2D eigenvalue weighted by molar-refractivity contribution is 8.00. The predicted octanol–water partition coefficient (Wildman–Crippen LogP) is 2.70. The molecule has 1 aromatic heterocycles.